The van der Waals surface area contributed by atoms with Crippen molar-refractivity contribution in [3.05, 3.63) is 50.8 Å². The van der Waals surface area contributed by atoms with Crippen molar-refractivity contribution in [1.82, 2.24) is 20.0 Å². The van der Waals surface area contributed by atoms with Gasteiger partial charge in [0.2, 0.25) is 0 Å². The van der Waals surface area contributed by atoms with Gasteiger partial charge in [-0.2, -0.15) is 5.10 Å². The number of rotatable bonds is 7. The monoisotopic (exact) mass is 476 g/mol. The molecule has 32 heavy (non-hydrogen) atoms. The van der Waals surface area contributed by atoms with E-state index in [1.165, 1.54) is 0 Å². The van der Waals surface area contributed by atoms with Crippen LogP contribution in [0.3, 0.4) is 0 Å². The van der Waals surface area contributed by atoms with Gasteiger partial charge in [0, 0.05) is 30.1 Å². The predicted octanol–water partition coefficient (Wildman–Crippen LogP) is 3.56. The Bertz CT molecular complexity index is 1060. The number of fused-ring (bicyclic) bond motifs is 1. The van der Waals surface area contributed by atoms with E-state index in [-0.39, 0.29) is 31.1 Å². The van der Waals surface area contributed by atoms with E-state index in [4.69, 9.17) is 34.4 Å². The van der Waals surface area contributed by atoms with Gasteiger partial charge >= 0.3 is 5.97 Å². The number of aromatic nitrogens is 2. The lowest BCUT2D eigenvalue weighted by Crippen LogP contribution is -2.42. The van der Waals surface area contributed by atoms with Crippen LogP contribution in [0.15, 0.2) is 18.2 Å². The second-order valence-electron chi connectivity index (χ2n) is 7.68. The lowest BCUT2D eigenvalue weighted by Gasteiger charge is -2.33. The standard InChI is InChI=1S/C23H26Cl2N4O3/c1-5-14(3)26-9-10-29-21(23(31)32-6-2)17-13-28(15(4)11-20(17)27-29)22(30)16-7-8-18(24)19(25)12-16/h1,7-8,12,14-15,26H,6,9-11,13H2,2-4H3/t14?,15-/m1/s1. The summed E-state index contributed by atoms with van der Waals surface area (Å²) in [6.45, 7) is 7.07. The molecule has 1 aromatic carbocycles. The topological polar surface area (TPSA) is 76.5 Å². The molecule has 1 aliphatic heterocycles. The number of amides is 1. The van der Waals surface area contributed by atoms with Crippen LogP contribution in [0.4, 0.5) is 0 Å². The summed E-state index contributed by atoms with van der Waals surface area (Å²) >= 11 is 12.1. The molecule has 2 atom stereocenters. The second-order valence-corrected chi connectivity index (χ2v) is 8.49. The molecule has 0 spiro atoms. The summed E-state index contributed by atoms with van der Waals surface area (Å²) in [5.41, 5.74) is 2.31. The number of hydrogen-bond donors (Lipinski definition) is 1. The van der Waals surface area contributed by atoms with Gasteiger partial charge in [0.15, 0.2) is 5.69 Å². The molecule has 2 aromatic rings. The zero-order valence-electron chi connectivity index (χ0n) is 18.3. The van der Waals surface area contributed by atoms with Crippen LogP contribution in [0.25, 0.3) is 0 Å². The van der Waals surface area contributed by atoms with Crippen molar-refractivity contribution in [3.8, 4) is 12.3 Å². The van der Waals surface area contributed by atoms with Crippen LogP contribution < -0.4 is 5.32 Å². The highest BCUT2D eigenvalue weighted by atomic mass is 35.5. The molecule has 0 saturated heterocycles. The molecule has 0 saturated carbocycles. The summed E-state index contributed by atoms with van der Waals surface area (Å²) in [6, 6.07) is 4.60. The van der Waals surface area contributed by atoms with Crippen LogP contribution in [0.5, 0.6) is 0 Å². The van der Waals surface area contributed by atoms with E-state index in [0.29, 0.717) is 46.4 Å². The number of hydrogen-bond acceptors (Lipinski definition) is 5. The highest BCUT2D eigenvalue weighted by Crippen LogP contribution is 2.29. The largest absolute Gasteiger partial charge is 0.461 e. The maximum atomic E-state index is 13.2. The number of carbonyl (C=O) groups excluding carboxylic acids is 2. The average molecular weight is 477 g/mol. The van der Waals surface area contributed by atoms with Gasteiger partial charge in [-0.25, -0.2) is 4.79 Å². The number of carbonyl (C=O) groups is 2. The van der Waals surface area contributed by atoms with E-state index < -0.39 is 5.97 Å². The van der Waals surface area contributed by atoms with Gasteiger partial charge in [-0.1, -0.05) is 29.1 Å². The summed E-state index contributed by atoms with van der Waals surface area (Å²) in [4.78, 5) is 27.7. The minimum absolute atomic E-state index is 0.0921. The van der Waals surface area contributed by atoms with E-state index in [2.05, 4.69) is 16.3 Å². The Morgan fingerprint density at radius 1 is 1.38 bits per heavy atom. The molecule has 1 aliphatic rings. The maximum Gasteiger partial charge on any atom is 0.356 e. The molecule has 1 amide bonds. The first-order valence-electron chi connectivity index (χ1n) is 10.5. The van der Waals surface area contributed by atoms with Crippen molar-refractivity contribution in [2.75, 3.05) is 13.2 Å². The zero-order chi connectivity index (χ0) is 23.4. The first-order chi connectivity index (χ1) is 15.3. The molecule has 9 heteroatoms. The van der Waals surface area contributed by atoms with E-state index in [9.17, 15) is 9.59 Å². The minimum atomic E-state index is -0.456. The van der Waals surface area contributed by atoms with Gasteiger partial charge < -0.3 is 15.0 Å². The Labute approximate surface area is 198 Å². The van der Waals surface area contributed by atoms with Gasteiger partial charge in [-0.05, 0) is 39.0 Å². The molecule has 0 radical (unpaired) electrons. The molecule has 2 heterocycles. The second kappa shape index (κ2) is 10.4. The highest BCUT2D eigenvalue weighted by molar-refractivity contribution is 6.42. The lowest BCUT2D eigenvalue weighted by molar-refractivity contribution is 0.0502. The highest BCUT2D eigenvalue weighted by Gasteiger charge is 2.34. The summed E-state index contributed by atoms with van der Waals surface area (Å²) in [6.07, 6.45) is 5.93. The fourth-order valence-electron chi connectivity index (χ4n) is 3.70. The number of halogens is 2. The molecule has 1 N–H and O–H groups in total. The van der Waals surface area contributed by atoms with Gasteiger partial charge in [-0.15, -0.1) is 6.42 Å². The number of nitrogens with one attached hydrogen (secondary N) is 1. The molecule has 3 rings (SSSR count). The SMILES string of the molecule is C#CC(C)NCCn1nc2c(c1C(=O)OCC)CN(C(=O)c1ccc(Cl)c(Cl)c1)[C@H](C)C2. The van der Waals surface area contributed by atoms with Crippen molar-refractivity contribution >= 4 is 35.1 Å². The van der Waals surface area contributed by atoms with Crippen molar-refractivity contribution < 1.29 is 14.3 Å². The average Bonchev–Trinajstić information content (AvgIpc) is 3.11. The molecule has 7 nitrogen and oxygen atoms in total. The van der Waals surface area contributed by atoms with Crippen LogP contribution in [-0.2, 0) is 24.2 Å². The summed E-state index contributed by atoms with van der Waals surface area (Å²) in [5, 5.41) is 8.56. The van der Waals surface area contributed by atoms with Crippen LogP contribution in [0.1, 0.15) is 52.9 Å². The van der Waals surface area contributed by atoms with E-state index in [1.807, 2.05) is 13.8 Å². The molecule has 1 aromatic heterocycles. The Balaban J connectivity index is 1.91. The van der Waals surface area contributed by atoms with Gasteiger partial charge in [-0.3, -0.25) is 9.48 Å². The van der Waals surface area contributed by atoms with Crippen molar-refractivity contribution in [2.45, 2.75) is 52.4 Å². The third kappa shape index (κ3) is 5.09. The van der Waals surface area contributed by atoms with E-state index >= 15 is 0 Å². The summed E-state index contributed by atoms with van der Waals surface area (Å²) < 4.78 is 6.94. The number of terminal acetylenes is 1. The van der Waals surface area contributed by atoms with Crippen molar-refractivity contribution in [3.63, 3.8) is 0 Å². The van der Waals surface area contributed by atoms with E-state index in [0.717, 1.165) is 5.69 Å². The summed E-state index contributed by atoms with van der Waals surface area (Å²) in [5.74, 6) is 1.97. The predicted molar refractivity (Wildman–Crippen MR) is 124 cm³/mol. The Hall–Kier alpha value is -2.53. The van der Waals surface area contributed by atoms with Crippen molar-refractivity contribution in [2.24, 2.45) is 0 Å². The van der Waals surface area contributed by atoms with Crippen LogP contribution >= 0.6 is 23.2 Å². The Morgan fingerprint density at radius 2 is 2.12 bits per heavy atom. The van der Waals surface area contributed by atoms with Crippen molar-refractivity contribution in [1.29, 1.82) is 0 Å². The number of ether oxygens (including phenoxy) is 1. The molecule has 170 valence electrons. The lowest BCUT2D eigenvalue weighted by atomic mass is 9.98. The fraction of sp³-hybridized carbons (Fsp3) is 0.435. The quantitative estimate of drug-likeness (QED) is 0.488. The van der Waals surface area contributed by atoms with Gasteiger partial charge in [0.05, 0.1) is 41.5 Å². The fourth-order valence-corrected chi connectivity index (χ4v) is 4.00. The molecule has 1 unspecified atom stereocenters. The smallest absolute Gasteiger partial charge is 0.356 e. The third-order valence-corrected chi connectivity index (χ3v) is 6.14. The molecular weight excluding hydrogens is 451 g/mol. The minimum Gasteiger partial charge on any atom is -0.461 e. The summed E-state index contributed by atoms with van der Waals surface area (Å²) in [7, 11) is 0. The maximum absolute atomic E-state index is 13.2. The molecule has 0 bridgehead atoms. The molecule has 0 aliphatic carbocycles. The van der Waals surface area contributed by atoms with Gasteiger partial charge in [0.25, 0.3) is 5.91 Å². The Morgan fingerprint density at radius 3 is 2.78 bits per heavy atom. The zero-order valence-corrected chi connectivity index (χ0v) is 19.8. The Kier molecular flexibility index (Phi) is 7.83. The van der Waals surface area contributed by atoms with Crippen LogP contribution in [0.2, 0.25) is 10.0 Å². The van der Waals surface area contributed by atoms with E-state index in [1.54, 1.807) is 34.7 Å². The number of benzene rings is 1. The molecule has 0 fully saturated rings. The first kappa shape index (κ1) is 24.1. The number of nitrogens with zero attached hydrogens (tertiary/aromatic N) is 3. The van der Waals surface area contributed by atoms with Crippen LogP contribution in [-0.4, -0.2) is 51.8 Å². The number of esters is 1. The van der Waals surface area contributed by atoms with Crippen LogP contribution in [0, 0.1) is 12.3 Å². The third-order valence-electron chi connectivity index (χ3n) is 5.40. The molecular formula is C23H26Cl2N4O3. The normalized spacial score (nSPS) is 16.2. The first-order valence-corrected chi connectivity index (χ1v) is 11.2. The van der Waals surface area contributed by atoms with Gasteiger partial charge in [0.1, 0.15) is 0 Å².